The molecule has 0 spiro atoms. The zero-order chi connectivity index (χ0) is 23.8. The number of carbonyl (C=O) groups is 2. The molecule has 1 fully saturated rings. The van der Waals surface area contributed by atoms with Gasteiger partial charge in [0, 0.05) is 25.8 Å². The molecule has 0 bridgehead atoms. The lowest BCUT2D eigenvalue weighted by Gasteiger charge is -2.25. The summed E-state index contributed by atoms with van der Waals surface area (Å²) in [4.78, 5) is 27.6. The van der Waals surface area contributed by atoms with E-state index in [-0.39, 0.29) is 11.3 Å². The van der Waals surface area contributed by atoms with Gasteiger partial charge in [-0.25, -0.2) is 0 Å². The maximum Gasteiger partial charge on any atom is 0.295 e. The lowest BCUT2D eigenvalue weighted by Crippen LogP contribution is -2.31. The van der Waals surface area contributed by atoms with Crippen molar-refractivity contribution in [2.24, 2.45) is 0 Å². The number of ketones is 1. The third kappa shape index (κ3) is 5.82. The molecular weight excluding hydrogens is 418 g/mol. The van der Waals surface area contributed by atoms with Crippen molar-refractivity contribution in [2.75, 3.05) is 26.9 Å². The summed E-state index contributed by atoms with van der Waals surface area (Å²) in [5.74, 6) is -0.771. The second kappa shape index (κ2) is 11.7. The Morgan fingerprint density at radius 3 is 2.48 bits per heavy atom. The fourth-order valence-electron chi connectivity index (χ4n) is 4.02. The predicted molar refractivity (Wildman–Crippen MR) is 128 cm³/mol. The maximum atomic E-state index is 13.1. The van der Waals surface area contributed by atoms with Crippen LogP contribution in [0.1, 0.15) is 55.3 Å². The van der Waals surface area contributed by atoms with Crippen molar-refractivity contribution >= 4 is 17.4 Å². The number of carbonyl (C=O) groups excluding carboxylic acids is 2. The van der Waals surface area contributed by atoms with E-state index in [2.05, 4.69) is 6.92 Å². The first kappa shape index (κ1) is 24.5. The minimum Gasteiger partial charge on any atom is -0.507 e. The third-order valence-electron chi connectivity index (χ3n) is 5.80. The Labute approximate surface area is 195 Å². The molecule has 1 aliphatic rings. The van der Waals surface area contributed by atoms with E-state index >= 15 is 0 Å². The highest BCUT2D eigenvalue weighted by molar-refractivity contribution is 6.46. The molecule has 1 amide bonds. The van der Waals surface area contributed by atoms with Crippen LogP contribution >= 0.6 is 0 Å². The Morgan fingerprint density at radius 1 is 1.03 bits per heavy atom. The van der Waals surface area contributed by atoms with Crippen LogP contribution < -0.4 is 4.74 Å². The van der Waals surface area contributed by atoms with E-state index in [1.807, 2.05) is 43.3 Å². The summed E-state index contributed by atoms with van der Waals surface area (Å²) in [5, 5.41) is 11.1. The smallest absolute Gasteiger partial charge is 0.295 e. The van der Waals surface area contributed by atoms with Crippen molar-refractivity contribution < 1.29 is 24.2 Å². The van der Waals surface area contributed by atoms with E-state index in [1.165, 1.54) is 4.90 Å². The number of unbranched alkanes of at least 4 members (excludes halogenated alkanes) is 2. The van der Waals surface area contributed by atoms with Gasteiger partial charge in [-0.3, -0.25) is 9.59 Å². The number of aliphatic hydroxyl groups is 1. The molecule has 1 aliphatic heterocycles. The van der Waals surface area contributed by atoms with Crippen molar-refractivity contribution in [1.82, 2.24) is 4.90 Å². The van der Waals surface area contributed by atoms with E-state index in [9.17, 15) is 14.7 Å². The molecule has 0 aromatic heterocycles. The number of benzene rings is 2. The van der Waals surface area contributed by atoms with Gasteiger partial charge in [0.2, 0.25) is 0 Å². The van der Waals surface area contributed by atoms with Crippen LogP contribution in [0.2, 0.25) is 0 Å². The molecule has 1 unspecified atom stereocenters. The number of hydrogen-bond acceptors (Lipinski definition) is 5. The number of rotatable bonds is 11. The van der Waals surface area contributed by atoms with Crippen LogP contribution in [0, 0.1) is 6.92 Å². The summed E-state index contributed by atoms with van der Waals surface area (Å²) in [7, 11) is 1.60. The first-order valence-electron chi connectivity index (χ1n) is 11.5. The monoisotopic (exact) mass is 451 g/mol. The number of methoxy groups -OCH3 is 1. The largest absolute Gasteiger partial charge is 0.507 e. The molecule has 3 rings (SSSR count). The van der Waals surface area contributed by atoms with Crippen molar-refractivity contribution in [2.45, 2.75) is 45.6 Å². The van der Waals surface area contributed by atoms with Crippen molar-refractivity contribution in [3.8, 4) is 5.75 Å². The first-order chi connectivity index (χ1) is 16.0. The Kier molecular flexibility index (Phi) is 8.66. The van der Waals surface area contributed by atoms with E-state index < -0.39 is 17.7 Å². The van der Waals surface area contributed by atoms with Crippen molar-refractivity contribution in [3.05, 3.63) is 70.8 Å². The molecule has 0 saturated carbocycles. The van der Waals surface area contributed by atoms with Gasteiger partial charge in [0.15, 0.2) is 0 Å². The van der Waals surface area contributed by atoms with Gasteiger partial charge in [0.05, 0.1) is 18.2 Å². The minimum atomic E-state index is -0.692. The lowest BCUT2D eigenvalue weighted by molar-refractivity contribution is -0.140. The molecule has 6 nitrogen and oxygen atoms in total. The quantitative estimate of drug-likeness (QED) is 0.225. The number of nitrogens with zero attached hydrogens (tertiary/aromatic N) is 1. The van der Waals surface area contributed by atoms with E-state index in [4.69, 9.17) is 9.47 Å². The third-order valence-corrected chi connectivity index (χ3v) is 5.80. The first-order valence-corrected chi connectivity index (χ1v) is 11.5. The summed E-state index contributed by atoms with van der Waals surface area (Å²) >= 11 is 0. The molecular formula is C27H33NO5. The van der Waals surface area contributed by atoms with Crippen LogP contribution in [0.5, 0.6) is 5.75 Å². The molecule has 6 heteroatoms. The van der Waals surface area contributed by atoms with Gasteiger partial charge in [-0.05, 0) is 37.5 Å². The van der Waals surface area contributed by atoms with Gasteiger partial charge in [-0.15, -0.1) is 0 Å². The molecule has 1 N–H and O–H groups in total. The highest BCUT2D eigenvalue weighted by Gasteiger charge is 2.45. The summed E-state index contributed by atoms with van der Waals surface area (Å²) < 4.78 is 11.0. The van der Waals surface area contributed by atoms with E-state index in [0.29, 0.717) is 37.5 Å². The second-order valence-corrected chi connectivity index (χ2v) is 8.33. The Balaban J connectivity index is 2.01. The molecule has 1 heterocycles. The summed E-state index contributed by atoms with van der Waals surface area (Å²) in [6, 6.07) is 14.0. The number of aryl methyl sites for hydroxylation is 1. The van der Waals surface area contributed by atoms with Gasteiger partial charge < -0.3 is 19.5 Å². The van der Waals surface area contributed by atoms with Gasteiger partial charge in [0.1, 0.15) is 11.5 Å². The fourth-order valence-corrected chi connectivity index (χ4v) is 4.02. The van der Waals surface area contributed by atoms with Crippen LogP contribution in [-0.2, 0) is 14.3 Å². The highest BCUT2D eigenvalue weighted by Crippen LogP contribution is 2.40. The number of ether oxygens (including phenoxy) is 2. The Morgan fingerprint density at radius 2 is 1.79 bits per heavy atom. The highest BCUT2D eigenvalue weighted by atomic mass is 16.5. The zero-order valence-corrected chi connectivity index (χ0v) is 19.7. The van der Waals surface area contributed by atoms with Gasteiger partial charge >= 0.3 is 0 Å². The maximum absolute atomic E-state index is 13.1. The molecule has 176 valence electrons. The normalized spacial score (nSPS) is 17.5. The predicted octanol–water partition coefficient (Wildman–Crippen LogP) is 5.02. The topological polar surface area (TPSA) is 76.1 Å². The Bertz CT molecular complexity index is 996. The minimum absolute atomic E-state index is 0.101. The van der Waals surface area contributed by atoms with Gasteiger partial charge in [0.25, 0.3) is 11.7 Å². The van der Waals surface area contributed by atoms with E-state index in [1.54, 1.807) is 19.2 Å². The van der Waals surface area contributed by atoms with Gasteiger partial charge in [-0.2, -0.15) is 0 Å². The number of Topliss-reactive ketones (excluding diaryl/α,β-unsaturated/α-hetero) is 1. The summed E-state index contributed by atoms with van der Waals surface area (Å²) in [6.45, 7) is 5.50. The zero-order valence-electron chi connectivity index (χ0n) is 19.7. The fraction of sp³-hybridized carbons (Fsp3) is 0.407. The number of hydrogen-bond donors (Lipinski definition) is 1. The van der Waals surface area contributed by atoms with Crippen LogP contribution in [-0.4, -0.2) is 48.6 Å². The molecule has 2 aromatic rings. The van der Waals surface area contributed by atoms with E-state index in [0.717, 1.165) is 30.4 Å². The van der Waals surface area contributed by atoms with Crippen LogP contribution in [0.25, 0.3) is 5.76 Å². The number of likely N-dealkylation sites (tertiary alicyclic amines) is 1. The standard InChI is InChI=1S/C27H33NO5/c1-4-5-6-17-33-22-10-7-9-21(18-22)24-23(25(29)20-13-11-19(2)12-14-20)26(30)27(31)28(24)15-8-16-32-3/h7,9-14,18,24,29H,4-6,8,15-17H2,1-3H3/b25-23+. The van der Waals surface area contributed by atoms with Crippen LogP contribution in [0.15, 0.2) is 54.1 Å². The van der Waals surface area contributed by atoms with Crippen LogP contribution in [0.4, 0.5) is 0 Å². The molecule has 1 atom stereocenters. The molecule has 0 radical (unpaired) electrons. The SMILES string of the molecule is CCCCCOc1cccc(C2/C(=C(\O)c3ccc(C)cc3)C(=O)C(=O)N2CCCOC)c1. The summed E-state index contributed by atoms with van der Waals surface area (Å²) in [5.41, 5.74) is 2.38. The van der Waals surface area contributed by atoms with Crippen molar-refractivity contribution in [1.29, 1.82) is 0 Å². The number of amides is 1. The molecule has 33 heavy (non-hydrogen) atoms. The average Bonchev–Trinajstić information content (AvgIpc) is 3.07. The van der Waals surface area contributed by atoms with Crippen molar-refractivity contribution in [3.63, 3.8) is 0 Å². The number of aliphatic hydroxyl groups excluding tert-OH is 1. The second-order valence-electron chi connectivity index (χ2n) is 8.33. The lowest BCUT2D eigenvalue weighted by atomic mass is 9.95. The van der Waals surface area contributed by atoms with Crippen LogP contribution in [0.3, 0.4) is 0 Å². The summed E-state index contributed by atoms with van der Waals surface area (Å²) in [6.07, 6.45) is 3.75. The average molecular weight is 452 g/mol. The molecule has 1 saturated heterocycles. The molecule has 2 aromatic carbocycles. The Hall–Kier alpha value is -3.12. The molecule has 0 aliphatic carbocycles. The van der Waals surface area contributed by atoms with Gasteiger partial charge in [-0.1, -0.05) is 61.7 Å².